The predicted octanol–water partition coefficient (Wildman–Crippen LogP) is 5.01. The van der Waals surface area contributed by atoms with Gasteiger partial charge in [-0.1, -0.05) is 29.3 Å². The molecule has 26 heavy (non-hydrogen) atoms. The van der Waals surface area contributed by atoms with Gasteiger partial charge in [0.25, 0.3) is 0 Å². The second kappa shape index (κ2) is 8.92. The van der Waals surface area contributed by atoms with Crippen molar-refractivity contribution in [3.63, 3.8) is 0 Å². The molecule has 1 unspecified atom stereocenters. The van der Waals surface area contributed by atoms with Crippen molar-refractivity contribution < 1.29 is 4.79 Å². The highest BCUT2D eigenvalue weighted by Crippen LogP contribution is 2.33. The summed E-state index contributed by atoms with van der Waals surface area (Å²) in [7, 11) is 0. The molecule has 0 saturated carbocycles. The molecule has 140 valence electrons. The van der Waals surface area contributed by atoms with Gasteiger partial charge in [-0.15, -0.1) is 0 Å². The standard InChI is InChI=1S/C20H25Cl2N3O/c1-15(19-17(21)5-2-6-18(19)22)20(26)25-11-7-16(8-12-25)4-3-10-24-13-9-23-14-24/h2,5-6,9,13-16H,3-4,7-8,10-12H2,1H3. The second-order valence-electron chi connectivity index (χ2n) is 7.07. The maximum absolute atomic E-state index is 12.9. The summed E-state index contributed by atoms with van der Waals surface area (Å²) >= 11 is 12.5. The predicted molar refractivity (Wildman–Crippen MR) is 106 cm³/mol. The van der Waals surface area contributed by atoms with E-state index in [4.69, 9.17) is 23.2 Å². The van der Waals surface area contributed by atoms with Crippen LogP contribution in [0.15, 0.2) is 36.9 Å². The number of halogens is 2. The number of hydrogen-bond donors (Lipinski definition) is 0. The first-order valence-corrected chi connectivity index (χ1v) is 10.00. The zero-order valence-corrected chi connectivity index (χ0v) is 16.6. The number of amides is 1. The van der Waals surface area contributed by atoms with Gasteiger partial charge in [-0.05, 0) is 50.7 Å². The van der Waals surface area contributed by atoms with Gasteiger partial charge >= 0.3 is 0 Å². The Morgan fingerprint density at radius 3 is 2.58 bits per heavy atom. The van der Waals surface area contributed by atoms with Crippen LogP contribution in [0.25, 0.3) is 0 Å². The first kappa shape index (κ1) is 19.2. The van der Waals surface area contributed by atoms with E-state index in [1.807, 2.05) is 30.5 Å². The molecule has 1 aliphatic rings. The number of aromatic nitrogens is 2. The average Bonchev–Trinajstić information content (AvgIpc) is 3.15. The third-order valence-corrected chi connectivity index (χ3v) is 5.98. The number of likely N-dealkylation sites (tertiary alicyclic amines) is 1. The van der Waals surface area contributed by atoms with Crippen LogP contribution in [0, 0.1) is 5.92 Å². The number of hydrogen-bond acceptors (Lipinski definition) is 2. The quantitative estimate of drug-likeness (QED) is 0.691. The number of nitrogens with zero attached hydrogens (tertiary/aromatic N) is 3. The van der Waals surface area contributed by atoms with Crippen LogP contribution in [-0.4, -0.2) is 33.4 Å². The summed E-state index contributed by atoms with van der Waals surface area (Å²) in [6.07, 6.45) is 10.2. The lowest BCUT2D eigenvalue weighted by atomic mass is 9.91. The van der Waals surface area contributed by atoms with Crippen LogP contribution in [0.4, 0.5) is 0 Å². The molecule has 0 bridgehead atoms. The fourth-order valence-electron chi connectivity index (χ4n) is 3.75. The number of carbonyl (C=O) groups is 1. The SMILES string of the molecule is CC(C(=O)N1CCC(CCCn2ccnc2)CC1)c1c(Cl)cccc1Cl. The molecule has 1 aliphatic heterocycles. The normalized spacial score (nSPS) is 16.7. The van der Waals surface area contributed by atoms with Gasteiger partial charge in [0.15, 0.2) is 0 Å². The van der Waals surface area contributed by atoms with Crippen molar-refractivity contribution in [2.45, 2.75) is 45.1 Å². The average molecular weight is 394 g/mol. The third kappa shape index (κ3) is 4.60. The van der Waals surface area contributed by atoms with E-state index in [1.54, 1.807) is 18.2 Å². The monoisotopic (exact) mass is 393 g/mol. The smallest absolute Gasteiger partial charge is 0.229 e. The Balaban J connectivity index is 1.48. The number of aryl methyl sites for hydroxylation is 1. The van der Waals surface area contributed by atoms with E-state index in [9.17, 15) is 4.79 Å². The van der Waals surface area contributed by atoms with E-state index >= 15 is 0 Å². The fourth-order valence-corrected chi connectivity index (χ4v) is 4.47. The highest BCUT2D eigenvalue weighted by Gasteiger charge is 2.28. The van der Waals surface area contributed by atoms with Gasteiger partial charge in [-0.25, -0.2) is 4.98 Å². The Kier molecular flexibility index (Phi) is 6.60. The third-order valence-electron chi connectivity index (χ3n) is 5.32. The lowest BCUT2D eigenvalue weighted by Crippen LogP contribution is -2.40. The Morgan fingerprint density at radius 2 is 1.96 bits per heavy atom. The summed E-state index contributed by atoms with van der Waals surface area (Å²) in [6.45, 7) is 4.55. The molecule has 0 aliphatic carbocycles. The first-order valence-electron chi connectivity index (χ1n) is 9.24. The van der Waals surface area contributed by atoms with Crippen LogP contribution in [-0.2, 0) is 11.3 Å². The van der Waals surface area contributed by atoms with Crippen LogP contribution in [0.2, 0.25) is 10.0 Å². The van der Waals surface area contributed by atoms with Crippen molar-refractivity contribution >= 4 is 29.1 Å². The molecule has 1 aromatic carbocycles. The second-order valence-corrected chi connectivity index (χ2v) is 7.88. The van der Waals surface area contributed by atoms with Crippen LogP contribution in [0.5, 0.6) is 0 Å². The van der Waals surface area contributed by atoms with Gasteiger partial charge in [0.2, 0.25) is 5.91 Å². The van der Waals surface area contributed by atoms with Crippen LogP contribution >= 0.6 is 23.2 Å². The lowest BCUT2D eigenvalue weighted by Gasteiger charge is -2.34. The lowest BCUT2D eigenvalue weighted by molar-refractivity contribution is -0.133. The van der Waals surface area contributed by atoms with Gasteiger partial charge in [0.1, 0.15) is 0 Å². The van der Waals surface area contributed by atoms with Crippen molar-refractivity contribution in [1.29, 1.82) is 0 Å². The molecule has 2 heterocycles. The van der Waals surface area contributed by atoms with Crippen molar-refractivity contribution in [3.8, 4) is 0 Å². The molecule has 1 fully saturated rings. The Bertz CT molecular complexity index is 704. The fraction of sp³-hybridized carbons (Fsp3) is 0.500. The molecule has 0 spiro atoms. The highest BCUT2D eigenvalue weighted by molar-refractivity contribution is 6.36. The summed E-state index contributed by atoms with van der Waals surface area (Å²) < 4.78 is 2.12. The Morgan fingerprint density at radius 1 is 1.27 bits per heavy atom. The summed E-state index contributed by atoms with van der Waals surface area (Å²) in [5, 5.41) is 1.13. The zero-order chi connectivity index (χ0) is 18.5. The van der Waals surface area contributed by atoms with E-state index in [0.29, 0.717) is 16.0 Å². The number of benzene rings is 1. The first-order chi connectivity index (χ1) is 12.6. The van der Waals surface area contributed by atoms with E-state index in [2.05, 4.69) is 9.55 Å². The molecule has 1 amide bonds. The van der Waals surface area contributed by atoms with Crippen molar-refractivity contribution in [3.05, 3.63) is 52.5 Å². The van der Waals surface area contributed by atoms with Gasteiger partial charge in [0.05, 0.1) is 12.2 Å². The number of carbonyl (C=O) groups excluding carboxylic acids is 1. The summed E-state index contributed by atoms with van der Waals surface area (Å²) in [5.74, 6) is 0.507. The Hall–Kier alpha value is -1.52. The molecule has 0 N–H and O–H groups in total. The number of imidazole rings is 1. The zero-order valence-electron chi connectivity index (χ0n) is 15.1. The molecule has 0 radical (unpaired) electrons. The maximum atomic E-state index is 12.9. The Labute approximate surface area is 165 Å². The summed E-state index contributed by atoms with van der Waals surface area (Å²) in [6, 6.07) is 5.39. The van der Waals surface area contributed by atoms with Crippen LogP contribution in [0.3, 0.4) is 0 Å². The minimum Gasteiger partial charge on any atom is -0.342 e. The molecular weight excluding hydrogens is 369 g/mol. The number of rotatable bonds is 6. The number of piperidine rings is 1. The minimum atomic E-state index is -0.311. The van der Waals surface area contributed by atoms with Crippen molar-refractivity contribution in [1.82, 2.24) is 14.5 Å². The largest absolute Gasteiger partial charge is 0.342 e. The van der Waals surface area contributed by atoms with Crippen LogP contribution < -0.4 is 0 Å². The van der Waals surface area contributed by atoms with Gasteiger partial charge < -0.3 is 9.47 Å². The van der Waals surface area contributed by atoms with E-state index < -0.39 is 0 Å². The molecular formula is C20H25Cl2N3O. The topological polar surface area (TPSA) is 38.1 Å². The molecule has 1 aromatic heterocycles. The van der Waals surface area contributed by atoms with Gasteiger partial charge in [-0.2, -0.15) is 0 Å². The highest BCUT2D eigenvalue weighted by atomic mass is 35.5. The van der Waals surface area contributed by atoms with E-state index in [0.717, 1.165) is 44.5 Å². The molecule has 3 rings (SSSR count). The molecule has 6 heteroatoms. The van der Waals surface area contributed by atoms with Crippen LogP contribution in [0.1, 0.15) is 44.1 Å². The molecule has 1 atom stereocenters. The van der Waals surface area contributed by atoms with E-state index in [-0.39, 0.29) is 11.8 Å². The molecule has 1 saturated heterocycles. The van der Waals surface area contributed by atoms with Crippen molar-refractivity contribution in [2.24, 2.45) is 5.92 Å². The molecule has 2 aromatic rings. The van der Waals surface area contributed by atoms with Gasteiger partial charge in [0, 0.05) is 47.6 Å². The van der Waals surface area contributed by atoms with Crippen molar-refractivity contribution in [2.75, 3.05) is 13.1 Å². The molecule has 4 nitrogen and oxygen atoms in total. The van der Waals surface area contributed by atoms with E-state index in [1.165, 1.54) is 6.42 Å². The summed E-state index contributed by atoms with van der Waals surface area (Å²) in [5.41, 5.74) is 0.739. The summed E-state index contributed by atoms with van der Waals surface area (Å²) in [4.78, 5) is 18.9. The maximum Gasteiger partial charge on any atom is 0.229 e. The van der Waals surface area contributed by atoms with Gasteiger partial charge in [-0.3, -0.25) is 4.79 Å². The minimum absolute atomic E-state index is 0.122.